The number of nitrogens with zero attached hydrogens (tertiary/aromatic N) is 1. The lowest BCUT2D eigenvalue weighted by atomic mass is 10.1. The van der Waals surface area contributed by atoms with E-state index in [1.165, 1.54) is 0 Å². The van der Waals surface area contributed by atoms with Crippen molar-refractivity contribution >= 4 is 45.0 Å². The monoisotopic (exact) mass is 371 g/mol. The molecule has 0 aliphatic heterocycles. The Kier molecular flexibility index (Phi) is 5.08. The van der Waals surface area contributed by atoms with Crippen LogP contribution in [0.15, 0.2) is 46.9 Å². The standard InChI is InChI=1S/C15H12BrCl2NO/c1-19(9-11-4-2-3-5-13(11)17)15(20)10-6-7-14(18)12(16)8-10/h2-8H,9H2,1H3. The van der Waals surface area contributed by atoms with Gasteiger partial charge >= 0.3 is 0 Å². The van der Waals surface area contributed by atoms with E-state index < -0.39 is 0 Å². The average Bonchev–Trinajstić information content (AvgIpc) is 2.43. The Labute approximate surface area is 136 Å². The van der Waals surface area contributed by atoms with E-state index in [-0.39, 0.29) is 5.91 Å². The summed E-state index contributed by atoms with van der Waals surface area (Å²) in [5.41, 5.74) is 1.49. The average molecular weight is 373 g/mol. The summed E-state index contributed by atoms with van der Waals surface area (Å²) in [6, 6.07) is 12.6. The molecule has 0 aromatic heterocycles. The molecule has 0 fully saturated rings. The third-order valence-corrected chi connectivity index (χ3v) is 4.46. The van der Waals surface area contributed by atoms with Gasteiger partial charge in [-0.3, -0.25) is 4.79 Å². The van der Waals surface area contributed by atoms with Gasteiger partial charge in [-0.15, -0.1) is 0 Å². The summed E-state index contributed by atoms with van der Waals surface area (Å²) in [4.78, 5) is 14.0. The molecule has 2 aromatic rings. The summed E-state index contributed by atoms with van der Waals surface area (Å²) in [5, 5.41) is 1.24. The molecule has 20 heavy (non-hydrogen) atoms. The molecule has 5 heteroatoms. The lowest BCUT2D eigenvalue weighted by Gasteiger charge is -2.18. The maximum Gasteiger partial charge on any atom is 0.253 e. The van der Waals surface area contributed by atoms with Crippen molar-refractivity contribution in [3.63, 3.8) is 0 Å². The van der Waals surface area contributed by atoms with Crippen molar-refractivity contribution in [2.75, 3.05) is 7.05 Å². The highest BCUT2D eigenvalue weighted by molar-refractivity contribution is 9.10. The van der Waals surface area contributed by atoms with Crippen LogP contribution in [0.1, 0.15) is 15.9 Å². The van der Waals surface area contributed by atoms with E-state index in [1.54, 1.807) is 30.1 Å². The third kappa shape index (κ3) is 3.54. The first kappa shape index (κ1) is 15.4. The minimum atomic E-state index is -0.0812. The Hall–Kier alpha value is -1.03. The lowest BCUT2D eigenvalue weighted by molar-refractivity contribution is 0.0785. The fraction of sp³-hybridized carbons (Fsp3) is 0.133. The second kappa shape index (κ2) is 6.61. The lowest BCUT2D eigenvalue weighted by Crippen LogP contribution is -2.26. The number of rotatable bonds is 3. The molecule has 2 nitrogen and oxygen atoms in total. The largest absolute Gasteiger partial charge is 0.337 e. The zero-order chi connectivity index (χ0) is 14.7. The molecule has 104 valence electrons. The van der Waals surface area contributed by atoms with Crippen molar-refractivity contribution in [3.8, 4) is 0 Å². The molecule has 0 aliphatic rings. The molecule has 0 N–H and O–H groups in total. The topological polar surface area (TPSA) is 20.3 Å². The van der Waals surface area contributed by atoms with Crippen LogP contribution in [-0.2, 0) is 6.54 Å². The SMILES string of the molecule is CN(Cc1ccccc1Cl)C(=O)c1ccc(Cl)c(Br)c1. The van der Waals surface area contributed by atoms with Crippen LogP contribution >= 0.6 is 39.1 Å². The molecule has 0 unspecified atom stereocenters. The van der Waals surface area contributed by atoms with Gasteiger partial charge in [0.1, 0.15) is 0 Å². The van der Waals surface area contributed by atoms with Crippen LogP contribution in [0.5, 0.6) is 0 Å². The van der Waals surface area contributed by atoms with E-state index in [4.69, 9.17) is 23.2 Å². The van der Waals surface area contributed by atoms with E-state index in [0.29, 0.717) is 26.6 Å². The molecule has 0 bridgehead atoms. The molecular formula is C15H12BrCl2NO. The number of benzene rings is 2. The summed E-state index contributed by atoms with van der Waals surface area (Å²) in [6.07, 6.45) is 0. The van der Waals surface area contributed by atoms with Gasteiger partial charge in [-0.05, 0) is 45.8 Å². The normalized spacial score (nSPS) is 10.4. The fourth-order valence-electron chi connectivity index (χ4n) is 1.80. The van der Waals surface area contributed by atoms with Crippen molar-refractivity contribution in [2.45, 2.75) is 6.54 Å². The van der Waals surface area contributed by atoms with Gasteiger partial charge in [-0.1, -0.05) is 41.4 Å². The molecule has 0 saturated heterocycles. The number of hydrogen-bond donors (Lipinski definition) is 0. The minimum absolute atomic E-state index is 0.0812. The van der Waals surface area contributed by atoms with Crippen molar-refractivity contribution in [1.29, 1.82) is 0 Å². The predicted molar refractivity (Wildman–Crippen MR) is 86.4 cm³/mol. The smallest absolute Gasteiger partial charge is 0.253 e. The van der Waals surface area contributed by atoms with E-state index >= 15 is 0 Å². The van der Waals surface area contributed by atoms with Crippen LogP contribution in [0.2, 0.25) is 10.0 Å². The second-order valence-corrected chi connectivity index (χ2v) is 6.05. The van der Waals surface area contributed by atoms with Crippen LogP contribution in [0, 0.1) is 0 Å². The molecule has 0 heterocycles. The van der Waals surface area contributed by atoms with Gasteiger partial charge in [-0.2, -0.15) is 0 Å². The Morgan fingerprint density at radius 2 is 1.85 bits per heavy atom. The van der Waals surface area contributed by atoms with Crippen molar-refractivity contribution in [2.24, 2.45) is 0 Å². The van der Waals surface area contributed by atoms with Crippen LogP contribution in [0.25, 0.3) is 0 Å². The highest BCUT2D eigenvalue weighted by Crippen LogP contribution is 2.24. The second-order valence-electron chi connectivity index (χ2n) is 4.38. The first-order valence-electron chi connectivity index (χ1n) is 5.93. The van der Waals surface area contributed by atoms with E-state index in [1.807, 2.05) is 24.3 Å². The maximum absolute atomic E-state index is 12.3. The molecule has 2 rings (SSSR count). The number of carbonyl (C=O) groups is 1. The van der Waals surface area contributed by atoms with Crippen LogP contribution in [0.3, 0.4) is 0 Å². The highest BCUT2D eigenvalue weighted by atomic mass is 79.9. The van der Waals surface area contributed by atoms with Gasteiger partial charge in [0.2, 0.25) is 0 Å². The third-order valence-electron chi connectivity index (χ3n) is 2.88. The quantitative estimate of drug-likeness (QED) is 0.739. The van der Waals surface area contributed by atoms with E-state index in [0.717, 1.165) is 5.56 Å². The van der Waals surface area contributed by atoms with Gasteiger partial charge in [0, 0.05) is 28.7 Å². The first-order chi connectivity index (χ1) is 9.49. The van der Waals surface area contributed by atoms with Crippen molar-refractivity contribution < 1.29 is 4.79 Å². The Morgan fingerprint density at radius 3 is 2.50 bits per heavy atom. The van der Waals surface area contributed by atoms with Crippen molar-refractivity contribution in [1.82, 2.24) is 4.90 Å². The van der Waals surface area contributed by atoms with E-state index in [2.05, 4.69) is 15.9 Å². The Balaban J connectivity index is 2.16. The van der Waals surface area contributed by atoms with Gasteiger partial charge in [0.25, 0.3) is 5.91 Å². The van der Waals surface area contributed by atoms with Crippen LogP contribution in [0.4, 0.5) is 0 Å². The summed E-state index contributed by atoms with van der Waals surface area (Å²) in [7, 11) is 1.74. The predicted octanol–water partition coefficient (Wildman–Crippen LogP) is 5.03. The Bertz CT molecular complexity index is 646. The first-order valence-corrected chi connectivity index (χ1v) is 7.48. The molecule has 0 atom stereocenters. The van der Waals surface area contributed by atoms with Gasteiger partial charge < -0.3 is 4.90 Å². The maximum atomic E-state index is 12.3. The number of carbonyl (C=O) groups excluding carboxylic acids is 1. The zero-order valence-corrected chi connectivity index (χ0v) is 13.8. The molecule has 0 spiro atoms. The summed E-state index contributed by atoms with van der Waals surface area (Å²) >= 11 is 15.3. The van der Waals surface area contributed by atoms with E-state index in [9.17, 15) is 4.79 Å². The van der Waals surface area contributed by atoms with Crippen LogP contribution in [-0.4, -0.2) is 17.9 Å². The number of amides is 1. The number of halogens is 3. The molecular weight excluding hydrogens is 361 g/mol. The molecule has 0 radical (unpaired) electrons. The van der Waals surface area contributed by atoms with Gasteiger partial charge in [0.15, 0.2) is 0 Å². The minimum Gasteiger partial charge on any atom is -0.337 e. The summed E-state index contributed by atoms with van der Waals surface area (Å²) in [6.45, 7) is 0.457. The molecule has 1 amide bonds. The zero-order valence-electron chi connectivity index (χ0n) is 10.7. The molecule has 0 saturated carbocycles. The van der Waals surface area contributed by atoms with Gasteiger partial charge in [-0.25, -0.2) is 0 Å². The highest BCUT2D eigenvalue weighted by Gasteiger charge is 2.14. The van der Waals surface area contributed by atoms with Gasteiger partial charge in [0.05, 0.1) is 5.02 Å². The number of hydrogen-bond acceptors (Lipinski definition) is 1. The molecule has 0 aliphatic carbocycles. The Morgan fingerprint density at radius 1 is 1.15 bits per heavy atom. The summed E-state index contributed by atoms with van der Waals surface area (Å²) in [5.74, 6) is -0.0812. The summed E-state index contributed by atoms with van der Waals surface area (Å²) < 4.78 is 0.705. The van der Waals surface area contributed by atoms with Crippen LogP contribution < -0.4 is 0 Å². The molecule has 2 aromatic carbocycles. The fourth-order valence-corrected chi connectivity index (χ4v) is 2.50. The van der Waals surface area contributed by atoms with Crippen molar-refractivity contribution in [3.05, 3.63) is 68.1 Å².